The number of aromatic nitrogens is 1. The van der Waals surface area contributed by atoms with Gasteiger partial charge >= 0.3 is 5.97 Å². The maximum absolute atomic E-state index is 13.0. The van der Waals surface area contributed by atoms with Gasteiger partial charge in [-0.15, -0.1) is 0 Å². The van der Waals surface area contributed by atoms with E-state index in [4.69, 9.17) is 4.74 Å². The number of methoxy groups -OCH3 is 1. The fraction of sp³-hybridized carbons (Fsp3) is 0.292. The second kappa shape index (κ2) is 8.63. The van der Waals surface area contributed by atoms with Crippen molar-refractivity contribution in [2.24, 2.45) is 0 Å². The zero-order valence-corrected chi connectivity index (χ0v) is 17.6. The molecule has 7 nitrogen and oxygen atoms in total. The molecular formula is C24H25N3O4. The highest BCUT2D eigenvalue weighted by Gasteiger charge is 2.22. The first-order chi connectivity index (χ1) is 15.0. The molecule has 0 spiro atoms. The van der Waals surface area contributed by atoms with Gasteiger partial charge in [0.1, 0.15) is 5.82 Å². The topological polar surface area (TPSA) is 89.4 Å². The van der Waals surface area contributed by atoms with E-state index in [1.165, 1.54) is 7.11 Å². The predicted molar refractivity (Wildman–Crippen MR) is 119 cm³/mol. The fourth-order valence-electron chi connectivity index (χ4n) is 4.10. The zero-order valence-electron chi connectivity index (χ0n) is 17.6. The van der Waals surface area contributed by atoms with Crippen molar-refractivity contribution in [1.29, 1.82) is 0 Å². The molecule has 2 heterocycles. The Hall–Kier alpha value is -3.61. The van der Waals surface area contributed by atoms with Gasteiger partial charge in [0, 0.05) is 29.1 Å². The van der Waals surface area contributed by atoms with Crippen LogP contribution in [0.3, 0.4) is 0 Å². The first kappa shape index (κ1) is 20.7. The van der Waals surface area contributed by atoms with Crippen LogP contribution in [-0.2, 0) is 4.74 Å². The zero-order chi connectivity index (χ0) is 22.0. The number of hydrogen-bond acceptors (Lipinski definition) is 4. The van der Waals surface area contributed by atoms with Crippen LogP contribution >= 0.6 is 0 Å². The summed E-state index contributed by atoms with van der Waals surface area (Å²) in [6, 6.07) is 14.0. The van der Waals surface area contributed by atoms with E-state index in [9.17, 15) is 14.4 Å². The number of esters is 1. The minimum absolute atomic E-state index is 0.0172. The van der Waals surface area contributed by atoms with E-state index >= 15 is 0 Å². The standard InChI is InChI=1S/C24H25N3O4/c1-15-7-3-4-12-25-22(28)17-9-5-10-18(13-17)23(29)26-20-14-16-8-6-11-19(24(30)31-2)21(16)27(15)20/h5-6,8-11,13-15H,3-4,7,12H2,1-2H3,(H,25,28)(H,26,29). The Morgan fingerprint density at radius 1 is 1.03 bits per heavy atom. The van der Waals surface area contributed by atoms with E-state index in [1.54, 1.807) is 36.4 Å². The molecule has 2 aromatic carbocycles. The van der Waals surface area contributed by atoms with Gasteiger partial charge in [-0.2, -0.15) is 0 Å². The highest BCUT2D eigenvalue weighted by atomic mass is 16.5. The van der Waals surface area contributed by atoms with Gasteiger partial charge in [-0.05, 0) is 56.5 Å². The average molecular weight is 419 g/mol. The molecule has 1 atom stereocenters. The van der Waals surface area contributed by atoms with Crippen molar-refractivity contribution in [2.45, 2.75) is 32.2 Å². The number of amides is 2. The molecule has 0 fully saturated rings. The van der Waals surface area contributed by atoms with Gasteiger partial charge in [-0.25, -0.2) is 4.79 Å². The number of carbonyl (C=O) groups is 3. The van der Waals surface area contributed by atoms with E-state index < -0.39 is 5.97 Å². The number of carbonyl (C=O) groups excluding carboxylic acids is 3. The SMILES string of the molecule is COC(=O)c1cccc2cc3n(c12)C(C)CCCCNC(=O)c1cccc(c1)C(=O)N3. The molecule has 4 rings (SSSR count). The first-order valence-corrected chi connectivity index (χ1v) is 10.4. The van der Waals surface area contributed by atoms with Crippen LogP contribution in [0.2, 0.25) is 0 Å². The third-order valence-corrected chi connectivity index (χ3v) is 5.67. The van der Waals surface area contributed by atoms with E-state index in [1.807, 2.05) is 16.7 Å². The van der Waals surface area contributed by atoms with Crippen LogP contribution in [0, 0.1) is 0 Å². The van der Waals surface area contributed by atoms with Crippen molar-refractivity contribution in [3.63, 3.8) is 0 Å². The van der Waals surface area contributed by atoms with Crippen molar-refractivity contribution in [2.75, 3.05) is 19.0 Å². The summed E-state index contributed by atoms with van der Waals surface area (Å²) in [6.07, 6.45) is 2.54. The summed E-state index contributed by atoms with van der Waals surface area (Å²) >= 11 is 0. The van der Waals surface area contributed by atoms with Crippen LogP contribution in [0.15, 0.2) is 48.5 Å². The Balaban J connectivity index is 1.85. The molecule has 2 amide bonds. The van der Waals surface area contributed by atoms with Gasteiger partial charge in [0.15, 0.2) is 0 Å². The van der Waals surface area contributed by atoms with Gasteiger partial charge < -0.3 is 19.9 Å². The summed E-state index contributed by atoms with van der Waals surface area (Å²) in [5.74, 6) is -0.310. The molecule has 0 aliphatic carbocycles. The van der Waals surface area contributed by atoms with Crippen LogP contribution in [0.5, 0.6) is 0 Å². The Labute approximate surface area is 180 Å². The summed E-state index contributed by atoms with van der Waals surface area (Å²) in [4.78, 5) is 37.8. The number of anilines is 1. The van der Waals surface area contributed by atoms with Gasteiger partial charge in [0.2, 0.25) is 0 Å². The van der Waals surface area contributed by atoms with E-state index in [2.05, 4.69) is 17.6 Å². The Kier molecular flexibility index (Phi) is 5.75. The average Bonchev–Trinajstić information content (AvgIpc) is 3.15. The molecule has 2 bridgehead atoms. The quantitative estimate of drug-likeness (QED) is 0.580. The third-order valence-electron chi connectivity index (χ3n) is 5.67. The van der Waals surface area contributed by atoms with E-state index in [-0.39, 0.29) is 17.9 Å². The smallest absolute Gasteiger partial charge is 0.340 e. The lowest BCUT2D eigenvalue weighted by Gasteiger charge is -2.21. The number of nitrogens with one attached hydrogen (secondary N) is 2. The van der Waals surface area contributed by atoms with Crippen molar-refractivity contribution >= 4 is 34.5 Å². The van der Waals surface area contributed by atoms with Crippen LogP contribution in [0.4, 0.5) is 5.82 Å². The molecule has 1 aliphatic heterocycles. The molecule has 3 aromatic rings. The summed E-state index contributed by atoms with van der Waals surface area (Å²) in [5, 5.41) is 6.74. The highest BCUT2D eigenvalue weighted by Crippen LogP contribution is 2.33. The van der Waals surface area contributed by atoms with Crippen LogP contribution in [-0.4, -0.2) is 36.0 Å². The number of fused-ring (bicyclic) bond motifs is 5. The number of hydrogen-bond donors (Lipinski definition) is 2. The fourth-order valence-corrected chi connectivity index (χ4v) is 4.10. The van der Waals surface area contributed by atoms with E-state index in [0.717, 1.165) is 30.2 Å². The number of para-hydroxylation sites is 1. The number of benzene rings is 2. The van der Waals surface area contributed by atoms with Crippen molar-refractivity contribution in [1.82, 2.24) is 9.88 Å². The van der Waals surface area contributed by atoms with Crippen molar-refractivity contribution in [3.8, 4) is 0 Å². The molecule has 160 valence electrons. The summed E-state index contributed by atoms with van der Waals surface area (Å²) in [6.45, 7) is 2.63. The molecule has 7 heteroatoms. The largest absolute Gasteiger partial charge is 0.465 e. The highest BCUT2D eigenvalue weighted by molar-refractivity contribution is 6.09. The number of rotatable bonds is 1. The first-order valence-electron chi connectivity index (χ1n) is 10.4. The molecular weight excluding hydrogens is 394 g/mol. The van der Waals surface area contributed by atoms with Gasteiger partial charge in [-0.3, -0.25) is 9.59 Å². The lowest BCUT2D eigenvalue weighted by atomic mass is 10.1. The van der Waals surface area contributed by atoms with Crippen LogP contribution in [0.25, 0.3) is 10.9 Å². The summed E-state index contributed by atoms with van der Waals surface area (Å²) in [5.41, 5.74) is 2.04. The normalized spacial score (nSPS) is 17.3. The molecule has 1 aliphatic rings. The minimum Gasteiger partial charge on any atom is -0.465 e. The van der Waals surface area contributed by atoms with Crippen LogP contribution < -0.4 is 10.6 Å². The predicted octanol–water partition coefficient (Wildman–Crippen LogP) is 4.15. The number of ether oxygens (including phenoxy) is 1. The lowest BCUT2D eigenvalue weighted by molar-refractivity contribution is 0.0602. The van der Waals surface area contributed by atoms with Gasteiger partial charge in [0.25, 0.3) is 11.8 Å². The molecule has 0 saturated carbocycles. The van der Waals surface area contributed by atoms with E-state index in [0.29, 0.717) is 29.1 Å². The molecule has 1 aromatic heterocycles. The Bertz CT molecular complexity index is 1160. The minimum atomic E-state index is -0.417. The Morgan fingerprint density at radius 2 is 1.77 bits per heavy atom. The Morgan fingerprint density at radius 3 is 2.55 bits per heavy atom. The molecule has 31 heavy (non-hydrogen) atoms. The monoisotopic (exact) mass is 419 g/mol. The summed E-state index contributed by atoms with van der Waals surface area (Å²) < 4.78 is 7.00. The van der Waals surface area contributed by atoms with Gasteiger partial charge in [-0.1, -0.05) is 18.2 Å². The van der Waals surface area contributed by atoms with Crippen molar-refractivity contribution in [3.05, 3.63) is 65.2 Å². The maximum Gasteiger partial charge on any atom is 0.340 e. The second-order valence-corrected chi connectivity index (χ2v) is 7.77. The second-order valence-electron chi connectivity index (χ2n) is 7.77. The molecule has 0 radical (unpaired) electrons. The maximum atomic E-state index is 13.0. The lowest BCUT2D eigenvalue weighted by Crippen LogP contribution is -2.25. The van der Waals surface area contributed by atoms with Crippen LogP contribution in [0.1, 0.15) is 63.3 Å². The molecule has 1 unspecified atom stereocenters. The molecule has 0 saturated heterocycles. The third kappa shape index (κ3) is 4.03. The summed E-state index contributed by atoms with van der Waals surface area (Å²) in [7, 11) is 1.36. The number of nitrogens with zero attached hydrogens (tertiary/aromatic N) is 1. The molecule has 2 N–H and O–H groups in total. The van der Waals surface area contributed by atoms with Crippen molar-refractivity contribution < 1.29 is 19.1 Å². The van der Waals surface area contributed by atoms with Gasteiger partial charge in [0.05, 0.1) is 18.2 Å².